The number of hydrogen-bond acceptors (Lipinski definition) is 25. The van der Waals surface area contributed by atoms with Gasteiger partial charge in [-0.15, -0.1) is 0 Å². The van der Waals surface area contributed by atoms with E-state index in [4.69, 9.17) is 33.2 Å². The lowest BCUT2D eigenvalue weighted by atomic mass is 9.33. The Morgan fingerprint density at radius 2 is 0.718 bits per heavy atom. The topological polar surface area (TPSA) is 413 Å². The maximum Gasteiger partial charge on any atom is 0.208 e. The molecule has 11 aliphatic heterocycles. The zero-order chi connectivity index (χ0) is 77.6. The molecule has 27 rings (SSSR count). The molecule has 15 saturated carbocycles. The van der Waals surface area contributed by atoms with Crippen LogP contribution in [0, 0.1) is 136 Å². The third kappa shape index (κ3) is 6.38. The van der Waals surface area contributed by atoms with Gasteiger partial charge in [0.15, 0.2) is 40.3 Å². The van der Waals surface area contributed by atoms with E-state index in [1.165, 1.54) is 0 Å². The minimum absolute atomic E-state index is 0. The maximum atomic E-state index is 16.2. The normalized spacial score (nSPS) is 61.5. The van der Waals surface area contributed by atoms with E-state index in [2.05, 4.69) is 26.3 Å². The minimum Gasteiger partial charge on any atom is -0.483 e. The van der Waals surface area contributed by atoms with Crippen LogP contribution in [0.1, 0.15) is 166 Å². The van der Waals surface area contributed by atoms with Gasteiger partial charge in [0.2, 0.25) is 28.9 Å². The van der Waals surface area contributed by atoms with Crippen LogP contribution in [0.5, 0.6) is 0 Å². The Morgan fingerprint density at radius 3 is 1.15 bits per heavy atom. The Labute approximate surface area is 637 Å². The molecule has 0 aromatic carbocycles. The molecule has 16 aliphatic carbocycles. The van der Waals surface area contributed by atoms with E-state index in [9.17, 15) is 80.5 Å². The van der Waals surface area contributed by atoms with Crippen LogP contribution in [-0.2, 0) is 61.9 Å². The van der Waals surface area contributed by atoms with Crippen LogP contribution in [0.25, 0.3) is 0 Å². The fourth-order valence-corrected chi connectivity index (χ4v) is 35.4. The van der Waals surface area contributed by atoms with Crippen molar-refractivity contribution < 1.29 is 123 Å². The number of allylic oxidation sites excluding steroid dienone is 1. The van der Waals surface area contributed by atoms with Crippen molar-refractivity contribution in [2.75, 3.05) is 26.4 Å². The summed E-state index contributed by atoms with van der Waals surface area (Å²) in [6.45, 7) is 31.3. The first kappa shape index (κ1) is 73.4. The number of ether oxygens (including phenoxy) is 7. The zero-order valence-electron chi connectivity index (χ0n) is 63.2. The number of carbonyl (C=O) groups is 6. The number of aliphatic hydroxyl groups excluding tert-OH is 8. The first-order valence-corrected chi connectivity index (χ1v) is 40.5. The monoisotopic (exact) mass is 1530 g/mol. The molecule has 110 heavy (non-hydrogen) atoms. The van der Waals surface area contributed by atoms with Crippen molar-refractivity contribution in [2.45, 2.75) is 260 Å². The van der Waals surface area contributed by atoms with Gasteiger partial charge in [0.05, 0.1) is 72.5 Å². The van der Waals surface area contributed by atoms with Crippen LogP contribution in [0.15, 0.2) is 59.9 Å². The van der Waals surface area contributed by atoms with Crippen molar-refractivity contribution in [3.8, 4) is 0 Å². The van der Waals surface area contributed by atoms with Crippen molar-refractivity contribution in [1.29, 1.82) is 0 Å². The van der Waals surface area contributed by atoms with E-state index in [1.54, 1.807) is 0 Å². The highest BCUT2D eigenvalue weighted by Crippen LogP contribution is 2.89. The molecule has 11 heterocycles. The molecule has 25 fully saturated rings. The Kier molecular flexibility index (Phi) is 13.2. The highest BCUT2D eigenvalue weighted by molar-refractivity contribution is 6.09. The van der Waals surface area contributed by atoms with Crippen LogP contribution < -0.4 is 0 Å². The van der Waals surface area contributed by atoms with Crippen LogP contribution >= 0.6 is 0 Å². The largest absolute Gasteiger partial charge is 0.483 e. The van der Waals surface area contributed by atoms with Gasteiger partial charge in [0.25, 0.3) is 0 Å². The Hall–Kier alpha value is -4.20. The average molecular weight is 1530 g/mol. The van der Waals surface area contributed by atoms with E-state index in [0.717, 1.165) is 5.57 Å². The van der Waals surface area contributed by atoms with Crippen molar-refractivity contribution >= 4 is 34.7 Å². The zero-order valence-corrected chi connectivity index (χ0v) is 63.2. The molecule has 25 heteroatoms. The fourth-order valence-electron chi connectivity index (χ4n) is 35.4. The third-order valence-electron chi connectivity index (χ3n) is 37.8. The first-order chi connectivity index (χ1) is 50.7. The Balaban J connectivity index is 0.000000138. The average Bonchev–Trinajstić information content (AvgIpc) is 1.37. The number of carbonyl (C=O) groups excluding carboxylic acids is 6. The summed E-state index contributed by atoms with van der Waals surface area (Å²) in [4.78, 5) is 90.0. The molecule has 10 saturated heterocycles. The van der Waals surface area contributed by atoms with Gasteiger partial charge in [-0.2, -0.15) is 0 Å². The van der Waals surface area contributed by atoms with Crippen LogP contribution in [0.2, 0.25) is 0 Å². The molecule has 0 aromatic rings. The van der Waals surface area contributed by atoms with E-state index in [1.807, 2.05) is 55.4 Å². The summed E-state index contributed by atoms with van der Waals surface area (Å²) in [5, 5.41) is 147. The first-order valence-electron chi connectivity index (χ1n) is 40.5. The molecular formula is C85H108O25. The molecule has 27 aliphatic rings. The lowest BCUT2D eigenvalue weighted by Crippen LogP contribution is -2.89. The van der Waals surface area contributed by atoms with Gasteiger partial charge in [-0.25, -0.2) is 0 Å². The van der Waals surface area contributed by atoms with Gasteiger partial charge in [0.1, 0.15) is 63.0 Å². The standard InChI is InChI=1S/C42H52O13.C42H52O12.CH4/c1-17-19-7-9-21-36-15-52-40(50,38(21,25(17)43)27(19)45)29(47)23(36)32(3,4)13-34(31(36)49)11-12-35-14-33(5,6)24-30(48)41(51)39-22(10-8-20(28(39)46)18(2)26(39)44)37(24,16-53-41)42(35,54-34)55-35;1-17-20-7-9-22-37-15-52-41(50,39(22,26(17)43)28(20)45)30(47)24(37)34(3,4)13-19-11-12-36(54-32(19)37)14-35(5,6)25-31(48)42(51)40-23(38(25,16-53-42)33(36)49)10-8-21(29(40)46)18(2)27(40)44;/h19-24,27-30,45-48,50-51H,1-2,7-16H2,3-6H3;20-25,28-31,45-48,50-51H,1-2,7-16H2,3-6H3;1H4/t19-,20-,21-,22-,23+,24+,27+,28+,29-,30-,34+,35+,36-,37-,38-,39-,40+,41+,42+;20-,21-,22-,23-,24+,25+,28+,29+,30-,31-,36+,37-,38-,39-,40-,41+,42+;/m00./s1. The number of ketones is 6. The predicted molar refractivity (Wildman–Crippen MR) is 377 cm³/mol. The molecule has 25 nitrogen and oxygen atoms in total. The van der Waals surface area contributed by atoms with E-state index < -0.39 is 254 Å². The summed E-state index contributed by atoms with van der Waals surface area (Å²) in [6.07, 6.45) is -6.39. The maximum absolute atomic E-state index is 16.2. The van der Waals surface area contributed by atoms with Crippen molar-refractivity contribution in [1.82, 2.24) is 0 Å². The molecule has 12 N–H and O–H groups in total. The van der Waals surface area contributed by atoms with Gasteiger partial charge in [-0.05, 0) is 176 Å². The summed E-state index contributed by atoms with van der Waals surface area (Å²) >= 11 is 0. The second-order valence-corrected chi connectivity index (χ2v) is 42.6. The molecular weight excluding hydrogens is 1420 g/mol. The van der Waals surface area contributed by atoms with Gasteiger partial charge in [0, 0.05) is 47.3 Å². The van der Waals surface area contributed by atoms with E-state index >= 15 is 9.59 Å². The molecule has 598 valence electrons. The van der Waals surface area contributed by atoms with Crippen molar-refractivity contribution in [2.24, 2.45) is 136 Å². The second kappa shape index (κ2) is 19.8. The summed E-state index contributed by atoms with van der Waals surface area (Å²) in [6, 6.07) is 0. The molecule has 36 atom stereocenters. The predicted octanol–water partition coefficient (Wildman–Crippen LogP) is 3.12. The van der Waals surface area contributed by atoms with Gasteiger partial charge in [-0.3, -0.25) is 28.8 Å². The number of aliphatic hydroxyl groups is 12. The lowest BCUT2D eigenvalue weighted by molar-refractivity contribution is -0.474. The smallest absolute Gasteiger partial charge is 0.208 e. The Morgan fingerprint density at radius 1 is 0.373 bits per heavy atom. The third-order valence-corrected chi connectivity index (χ3v) is 37.8. The SMILES string of the molecule is C.C=C1C(=O)[C@]23[C@H](O)[C@H]1CC[C@H]2[C@@]12CO[C@]3(O)[C@@H](O)[C@@H]1C(C)(C)C[C@]1(CCC3=C(O1)[C@]14CO[C@](O)([C@@H](O)[C@@H]1C(C)(C)C3)[C@]13C(=O)C(=C)[C@H](CC[C@@H]41)[C@H]3O)C2=O.C=C1C(=O)[C@]23[C@H](O)[C@H]1CC[C@H]2[C@@]12CO[C@]3(O)[C@@H](O)[C@@H]1C(C)(C)C[C@]1(CC[C@@]34CC(C)(C)[C@H]5[C@H](O)[C@@]6(O)OC[C@@]5([C@@H]5CC[C@H]7C(=C)C(=O)[C@]56[C@@H]7O)[C@]3(O1)O4)C2=O. The summed E-state index contributed by atoms with van der Waals surface area (Å²) < 4.78 is 47.2. The summed E-state index contributed by atoms with van der Waals surface area (Å²) in [5.41, 5.74) is -18.8. The second-order valence-electron chi connectivity index (χ2n) is 42.6. The molecule has 0 radical (unpaired) electrons. The van der Waals surface area contributed by atoms with E-state index in [0.29, 0.717) is 82.8 Å². The number of Topliss-reactive ketones (excluding diaryl/α,β-unsaturated/α-hetero) is 6. The summed E-state index contributed by atoms with van der Waals surface area (Å²) in [7, 11) is 0. The summed E-state index contributed by atoms with van der Waals surface area (Å²) in [5.74, 6) is -22.4. The van der Waals surface area contributed by atoms with Crippen LogP contribution in [0.4, 0.5) is 0 Å². The minimum atomic E-state index is -2.44. The van der Waals surface area contributed by atoms with Crippen molar-refractivity contribution in [3.05, 3.63) is 59.9 Å². The molecule has 0 aromatic heterocycles. The molecule has 0 amide bonds. The van der Waals surface area contributed by atoms with Gasteiger partial charge >= 0.3 is 0 Å². The van der Waals surface area contributed by atoms with Gasteiger partial charge in [-0.1, -0.05) is 89.1 Å². The van der Waals surface area contributed by atoms with Gasteiger partial charge < -0.3 is 94.4 Å². The van der Waals surface area contributed by atoms with Crippen LogP contribution in [-0.4, -0.2) is 217 Å². The number of fused-ring (bicyclic) bond motifs is 8. The highest BCUT2D eigenvalue weighted by Gasteiger charge is 3.00. The Bertz CT molecular complexity index is 4540. The lowest BCUT2D eigenvalue weighted by Gasteiger charge is -2.76. The van der Waals surface area contributed by atoms with E-state index in [-0.39, 0.29) is 93.4 Å². The quantitative estimate of drug-likeness (QED) is 0.122. The number of hydrogen-bond donors (Lipinski definition) is 12. The fraction of sp³-hybridized carbons (Fsp3) is 0.812. The van der Waals surface area contributed by atoms with Crippen molar-refractivity contribution in [3.63, 3.8) is 0 Å². The number of epoxide rings is 1. The van der Waals surface area contributed by atoms with Crippen LogP contribution in [0.3, 0.4) is 0 Å². The highest BCUT2D eigenvalue weighted by atomic mass is 16.8. The molecule has 10 spiro atoms. The molecule has 16 bridgehead atoms. The molecule has 0 unspecified atom stereocenters. The number of rotatable bonds is 0.